The van der Waals surface area contributed by atoms with Crippen LogP contribution in [0.25, 0.3) is 11.2 Å². The standard InChI is InChI=1S/C18H23N6O14P3S/c1-20-18-22-14-11(15(26)23-18)21-7-24(14)16-12(25)13(36-17(27)8-4-2-3-5-9(8)19)10(35-16)6-34-39(28,29)37-40(30,31)38-41(32,33)42/h2-5,7,10,12-13,16,25H,6,19H2,1H3,(H,28,29)(H,30,31)(H2,32,33,42)(H2,20,22,23,26)/t10-,12-,13-,16-/m1/s1. The summed E-state index contributed by atoms with van der Waals surface area (Å²) in [7, 11) is -9.68. The third kappa shape index (κ3) is 7.47. The molecule has 3 heterocycles. The molecule has 6 atom stereocenters. The van der Waals surface area contributed by atoms with Gasteiger partial charge in [0.15, 0.2) is 23.5 Å². The Morgan fingerprint density at radius 3 is 2.55 bits per heavy atom. The Labute approximate surface area is 239 Å². The van der Waals surface area contributed by atoms with E-state index >= 15 is 0 Å². The van der Waals surface area contributed by atoms with E-state index in [1.165, 1.54) is 25.2 Å². The average Bonchev–Trinajstić information content (AvgIpc) is 3.42. The molecule has 1 saturated heterocycles. The second-order valence-electron chi connectivity index (χ2n) is 8.39. The lowest BCUT2D eigenvalue weighted by Crippen LogP contribution is -2.38. The summed E-state index contributed by atoms with van der Waals surface area (Å²) < 4.78 is 49.0. The normalized spacial score (nSPS) is 23.8. The van der Waals surface area contributed by atoms with Gasteiger partial charge >= 0.3 is 28.3 Å². The van der Waals surface area contributed by atoms with Crippen LogP contribution in [0.5, 0.6) is 0 Å². The number of nitrogens with two attached hydrogens (primary N) is 1. The number of phosphoric ester groups is 1. The summed E-state index contributed by atoms with van der Waals surface area (Å²) in [4.78, 5) is 73.4. The number of fused-ring (bicyclic) bond motifs is 1. The third-order valence-electron chi connectivity index (χ3n) is 5.49. The highest BCUT2D eigenvalue weighted by Gasteiger charge is 2.49. The maximum atomic E-state index is 12.9. The molecule has 20 nitrogen and oxygen atoms in total. The molecule has 0 bridgehead atoms. The van der Waals surface area contributed by atoms with E-state index in [-0.39, 0.29) is 28.4 Å². The van der Waals surface area contributed by atoms with Gasteiger partial charge in [0.05, 0.1) is 18.5 Å². The number of aromatic amines is 1. The lowest BCUT2D eigenvalue weighted by Gasteiger charge is -2.22. The Hall–Kier alpha value is -2.61. The van der Waals surface area contributed by atoms with Crippen molar-refractivity contribution >= 4 is 62.9 Å². The minimum absolute atomic E-state index is 0.0317. The van der Waals surface area contributed by atoms with E-state index in [1.807, 2.05) is 0 Å². The second kappa shape index (κ2) is 12.2. The third-order valence-corrected chi connectivity index (χ3v) is 9.90. The van der Waals surface area contributed by atoms with Crippen LogP contribution in [0.3, 0.4) is 0 Å². The maximum absolute atomic E-state index is 12.9. The molecule has 230 valence electrons. The number of rotatable bonds is 11. The summed E-state index contributed by atoms with van der Waals surface area (Å²) >= 11 is 4.03. The fourth-order valence-electron chi connectivity index (χ4n) is 3.80. The van der Waals surface area contributed by atoms with Gasteiger partial charge in [-0.05, 0) is 23.9 Å². The molecular formula is C18H23N6O14P3S. The van der Waals surface area contributed by atoms with Gasteiger partial charge in [0.2, 0.25) is 5.95 Å². The number of carbonyl (C=O) groups excluding carboxylic acids is 1. The molecule has 42 heavy (non-hydrogen) atoms. The van der Waals surface area contributed by atoms with Crippen molar-refractivity contribution in [2.75, 3.05) is 24.7 Å². The number of para-hydroxylation sites is 1. The summed E-state index contributed by atoms with van der Waals surface area (Å²) in [6.07, 6.45) is -5.35. The Morgan fingerprint density at radius 1 is 1.21 bits per heavy atom. The predicted molar refractivity (Wildman–Crippen MR) is 144 cm³/mol. The number of H-pyrrole nitrogens is 1. The fourth-order valence-corrected chi connectivity index (χ4v) is 7.59. The fraction of sp³-hybridized carbons (Fsp3) is 0.333. The lowest BCUT2D eigenvalue weighted by atomic mass is 10.1. The lowest BCUT2D eigenvalue weighted by molar-refractivity contribution is -0.0520. The van der Waals surface area contributed by atoms with E-state index in [9.17, 15) is 33.6 Å². The molecule has 0 amide bonds. The van der Waals surface area contributed by atoms with Crippen LogP contribution in [-0.2, 0) is 43.6 Å². The van der Waals surface area contributed by atoms with E-state index in [2.05, 4.69) is 40.7 Å². The number of aliphatic hydroxyl groups is 1. The summed E-state index contributed by atoms with van der Waals surface area (Å²) in [5.74, 6) is -0.989. The Bertz CT molecular complexity index is 1700. The van der Waals surface area contributed by atoms with Crippen molar-refractivity contribution in [2.45, 2.75) is 24.5 Å². The molecule has 3 aromatic rings. The molecule has 2 aromatic heterocycles. The molecule has 0 spiro atoms. The number of benzene rings is 1. The summed E-state index contributed by atoms with van der Waals surface area (Å²) in [6, 6.07) is 5.79. The first-order valence-electron chi connectivity index (χ1n) is 11.3. The van der Waals surface area contributed by atoms with Gasteiger partial charge < -0.3 is 45.2 Å². The van der Waals surface area contributed by atoms with Gasteiger partial charge in [-0.15, -0.1) is 0 Å². The minimum atomic E-state index is -5.63. The molecule has 1 aromatic carbocycles. The van der Waals surface area contributed by atoms with E-state index in [1.54, 1.807) is 6.07 Å². The highest BCUT2D eigenvalue weighted by atomic mass is 32.5. The number of aliphatic hydroxyl groups excluding tert-OH is 1. The van der Waals surface area contributed by atoms with Crippen molar-refractivity contribution in [2.24, 2.45) is 0 Å². The number of anilines is 2. The number of nitrogens with zero attached hydrogens (tertiary/aromatic N) is 3. The molecule has 0 aliphatic carbocycles. The molecule has 4 rings (SSSR count). The van der Waals surface area contributed by atoms with Gasteiger partial charge in [0.25, 0.3) is 5.56 Å². The molecule has 0 saturated carbocycles. The Kier molecular flexibility index (Phi) is 9.37. The largest absolute Gasteiger partial charge is 0.488 e. The molecule has 0 radical (unpaired) electrons. The molecule has 9 N–H and O–H groups in total. The topological polar surface area (TPSA) is 300 Å². The number of nitrogens with one attached hydrogen (secondary N) is 2. The number of carbonyl (C=O) groups is 1. The first kappa shape index (κ1) is 32.3. The number of hydrogen-bond acceptors (Lipinski definition) is 15. The van der Waals surface area contributed by atoms with Crippen LogP contribution in [0.1, 0.15) is 16.6 Å². The quantitative estimate of drug-likeness (QED) is 0.0735. The number of ether oxygens (including phenoxy) is 2. The van der Waals surface area contributed by atoms with E-state index in [0.717, 1.165) is 10.9 Å². The zero-order chi connectivity index (χ0) is 31.0. The molecule has 2 unspecified atom stereocenters. The van der Waals surface area contributed by atoms with Crippen LogP contribution in [0, 0.1) is 0 Å². The molecule has 1 fully saturated rings. The summed E-state index contributed by atoms with van der Waals surface area (Å²) in [6.45, 7) is -5.84. The van der Waals surface area contributed by atoms with Crippen molar-refractivity contribution in [1.29, 1.82) is 0 Å². The minimum Gasteiger partial charge on any atom is -0.453 e. The highest BCUT2D eigenvalue weighted by molar-refractivity contribution is 8.08. The average molecular weight is 672 g/mol. The number of hydrogen-bond donors (Lipinski definition) is 8. The number of aromatic nitrogens is 4. The summed E-state index contributed by atoms with van der Waals surface area (Å²) in [5.41, 5.74) is 4.92. The highest BCUT2D eigenvalue weighted by Crippen LogP contribution is 2.66. The molecule has 1 aliphatic rings. The molecule has 1 aliphatic heterocycles. The maximum Gasteiger partial charge on any atom is 0.488 e. The van der Waals surface area contributed by atoms with Crippen LogP contribution in [0.2, 0.25) is 0 Å². The van der Waals surface area contributed by atoms with E-state index < -0.39 is 65.0 Å². The van der Waals surface area contributed by atoms with Crippen molar-refractivity contribution in [3.8, 4) is 0 Å². The van der Waals surface area contributed by atoms with Crippen LogP contribution < -0.4 is 16.6 Å². The summed E-state index contributed by atoms with van der Waals surface area (Å²) in [5, 5.41) is 13.8. The number of imidazole rings is 1. The molecule has 24 heteroatoms. The van der Waals surface area contributed by atoms with Crippen molar-refractivity contribution in [3.05, 3.63) is 46.5 Å². The number of nitrogen functional groups attached to an aromatic ring is 1. The molecular weight excluding hydrogens is 649 g/mol. The SMILES string of the molecule is CNc1nc2c(ncn2[C@@H]2O[C@H](COP(=O)(O)OP(=O)(O)OP(O)(O)=S)[C@@H](OC(=O)c3ccccc3N)[C@H]2O)c(=O)[nH]1. The van der Waals surface area contributed by atoms with Gasteiger partial charge in [-0.25, -0.2) is 23.2 Å². The van der Waals surface area contributed by atoms with Crippen LogP contribution >= 0.6 is 22.4 Å². The van der Waals surface area contributed by atoms with Crippen molar-refractivity contribution < 1.29 is 61.2 Å². The Balaban J connectivity index is 1.63. The van der Waals surface area contributed by atoms with Crippen LogP contribution in [0.4, 0.5) is 11.6 Å². The van der Waals surface area contributed by atoms with Crippen molar-refractivity contribution in [3.63, 3.8) is 0 Å². The zero-order valence-electron chi connectivity index (χ0n) is 21.0. The predicted octanol–water partition coefficient (Wildman–Crippen LogP) is -0.313. The van der Waals surface area contributed by atoms with Gasteiger partial charge in [-0.3, -0.25) is 18.9 Å². The first-order valence-corrected chi connectivity index (χ1v) is 16.9. The van der Waals surface area contributed by atoms with Crippen molar-refractivity contribution in [1.82, 2.24) is 19.5 Å². The second-order valence-corrected chi connectivity index (χ2v) is 14.2. The zero-order valence-corrected chi connectivity index (χ0v) is 24.5. The van der Waals surface area contributed by atoms with E-state index in [4.69, 9.17) is 29.5 Å². The van der Waals surface area contributed by atoms with Gasteiger partial charge in [-0.2, -0.15) is 9.29 Å². The van der Waals surface area contributed by atoms with Crippen LogP contribution in [0.15, 0.2) is 35.4 Å². The van der Waals surface area contributed by atoms with Crippen LogP contribution in [-0.4, -0.2) is 82.1 Å². The van der Waals surface area contributed by atoms with Gasteiger partial charge in [-0.1, -0.05) is 12.1 Å². The Morgan fingerprint density at radius 2 is 1.90 bits per heavy atom. The van der Waals surface area contributed by atoms with E-state index in [0.29, 0.717) is 0 Å². The monoisotopic (exact) mass is 672 g/mol. The first-order chi connectivity index (χ1) is 19.5. The van der Waals surface area contributed by atoms with Gasteiger partial charge in [0.1, 0.15) is 12.2 Å². The van der Waals surface area contributed by atoms with Gasteiger partial charge in [0, 0.05) is 12.7 Å². The number of esters is 1. The number of phosphoric acid groups is 2. The smallest absolute Gasteiger partial charge is 0.453 e.